The summed E-state index contributed by atoms with van der Waals surface area (Å²) in [5.41, 5.74) is 3.90. The minimum Gasteiger partial charge on any atom is -0.493 e. The predicted octanol–water partition coefficient (Wildman–Crippen LogP) is 3.60. The van der Waals surface area contributed by atoms with Gasteiger partial charge in [-0.15, -0.1) is 0 Å². The van der Waals surface area contributed by atoms with Gasteiger partial charge in [0.05, 0.1) is 12.2 Å². The Morgan fingerprint density at radius 1 is 1.17 bits per heavy atom. The minimum atomic E-state index is -0.0271. The van der Waals surface area contributed by atoms with Crippen LogP contribution in [-0.4, -0.2) is 24.0 Å². The van der Waals surface area contributed by atoms with Gasteiger partial charge in [-0.2, -0.15) is 0 Å². The first-order chi connectivity index (χ1) is 11.8. The smallest absolute Gasteiger partial charge is 0.252 e. The first kappa shape index (κ1) is 15.2. The van der Waals surface area contributed by atoms with Crippen LogP contribution in [0.5, 0.6) is 5.75 Å². The summed E-state index contributed by atoms with van der Waals surface area (Å²) >= 11 is 0. The van der Waals surface area contributed by atoms with E-state index >= 15 is 0 Å². The van der Waals surface area contributed by atoms with Gasteiger partial charge in [-0.1, -0.05) is 18.9 Å². The van der Waals surface area contributed by atoms with Gasteiger partial charge in [0.1, 0.15) is 5.75 Å². The predicted molar refractivity (Wildman–Crippen MR) is 93.2 cm³/mol. The third-order valence-electron chi connectivity index (χ3n) is 5.05. The maximum atomic E-state index is 12.4. The summed E-state index contributed by atoms with van der Waals surface area (Å²) in [7, 11) is 0. The van der Waals surface area contributed by atoms with Gasteiger partial charge in [-0.3, -0.25) is 9.78 Å². The molecule has 4 heteroatoms. The number of benzene rings is 1. The molecular formula is C20H22N2O2. The molecule has 1 fully saturated rings. The summed E-state index contributed by atoms with van der Waals surface area (Å²) in [6.45, 7) is 1.53. The molecule has 1 aliphatic carbocycles. The van der Waals surface area contributed by atoms with Crippen molar-refractivity contribution in [3.8, 4) is 16.9 Å². The van der Waals surface area contributed by atoms with E-state index in [1.54, 1.807) is 6.20 Å². The van der Waals surface area contributed by atoms with Crippen molar-refractivity contribution in [3.05, 3.63) is 47.8 Å². The molecule has 0 bridgehead atoms. The fourth-order valence-corrected chi connectivity index (χ4v) is 3.64. The van der Waals surface area contributed by atoms with Gasteiger partial charge in [0.15, 0.2) is 0 Å². The van der Waals surface area contributed by atoms with Crippen LogP contribution in [0.2, 0.25) is 0 Å². The van der Waals surface area contributed by atoms with E-state index in [1.165, 1.54) is 31.2 Å². The molecule has 1 N–H and O–H groups in total. The number of carbonyl (C=O) groups excluding carboxylic acids is 1. The third-order valence-corrected chi connectivity index (χ3v) is 5.05. The number of rotatable bonds is 4. The average Bonchev–Trinajstić information content (AvgIpc) is 3.30. The maximum absolute atomic E-state index is 12.4. The summed E-state index contributed by atoms with van der Waals surface area (Å²) in [5, 5.41) is 3.06. The van der Waals surface area contributed by atoms with Crippen molar-refractivity contribution < 1.29 is 9.53 Å². The number of fused-ring (bicyclic) bond motifs is 1. The van der Waals surface area contributed by atoms with Gasteiger partial charge < -0.3 is 10.1 Å². The lowest BCUT2D eigenvalue weighted by atomic mass is 10.0. The minimum absolute atomic E-state index is 0.0271. The highest BCUT2D eigenvalue weighted by Gasteiger charge is 2.17. The molecule has 0 radical (unpaired) electrons. The molecule has 24 heavy (non-hydrogen) atoms. The van der Waals surface area contributed by atoms with Crippen LogP contribution in [0, 0.1) is 5.92 Å². The van der Waals surface area contributed by atoms with E-state index in [4.69, 9.17) is 4.74 Å². The van der Waals surface area contributed by atoms with E-state index in [-0.39, 0.29) is 5.91 Å². The Hall–Kier alpha value is -2.36. The number of aromatic nitrogens is 1. The molecule has 2 aromatic rings. The SMILES string of the molecule is O=C(NCC1CCCC1)c1cncc(-c2ccc3c(c2)CCO3)c1. The van der Waals surface area contributed by atoms with Crippen molar-refractivity contribution in [3.63, 3.8) is 0 Å². The van der Waals surface area contributed by atoms with Gasteiger partial charge in [0, 0.05) is 30.9 Å². The molecule has 0 saturated heterocycles. The number of ether oxygens (including phenoxy) is 1. The summed E-state index contributed by atoms with van der Waals surface area (Å²) in [4.78, 5) is 16.7. The van der Waals surface area contributed by atoms with Gasteiger partial charge in [-0.05, 0) is 48.1 Å². The zero-order valence-electron chi connectivity index (χ0n) is 13.8. The molecule has 4 nitrogen and oxygen atoms in total. The number of nitrogens with one attached hydrogen (secondary N) is 1. The molecule has 1 saturated carbocycles. The molecule has 0 unspecified atom stereocenters. The Morgan fingerprint density at radius 2 is 2.04 bits per heavy atom. The van der Waals surface area contributed by atoms with Crippen molar-refractivity contribution >= 4 is 5.91 Å². The van der Waals surface area contributed by atoms with E-state index in [9.17, 15) is 4.79 Å². The van der Waals surface area contributed by atoms with Crippen molar-refractivity contribution in [2.75, 3.05) is 13.2 Å². The Morgan fingerprint density at radius 3 is 2.92 bits per heavy atom. The number of nitrogens with zero attached hydrogens (tertiary/aromatic N) is 1. The zero-order valence-corrected chi connectivity index (χ0v) is 13.8. The molecule has 2 aliphatic rings. The van der Waals surface area contributed by atoms with Crippen molar-refractivity contribution in [2.24, 2.45) is 5.92 Å². The summed E-state index contributed by atoms with van der Waals surface area (Å²) in [6, 6.07) is 8.10. The summed E-state index contributed by atoms with van der Waals surface area (Å²) in [5.74, 6) is 1.58. The van der Waals surface area contributed by atoms with Crippen LogP contribution >= 0.6 is 0 Å². The second-order valence-electron chi connectivity index (χ2n) is 6.74. The summed E-state index contributed by atoms with van der Waals surface area (Å²) in [6.07, 6.45) is 9.44. The third kappa shape index (κ3) is 3.14. The molecule has 0 atom stereocenters. The molecule has 4 rings (SSSR count). The molecular weight excluding hydrogens is 300 g/mol. The molecule has 0 spiro atoms. The lowest BCUT2D eigenvalue weighted by Crippen LogP contribution is -2.28. The number of pyridine rings is 1. The van der Waals surface area contributed by atoms with Crippen LogP contribution in [0.3, 0.4) is 0 Å². The summed E-state index contributed by atoms with van der Waals surface area (Å²) < 4.78 is 5.55. The van der Waals surface area contributed by atoms with Crippen LogP contribution in [-0.2, 0) is 6.42 Å². The van der Waals surface area contributed by atoms with Crippen molar-refractivity contribution in [1.29, 1.82) is 0 Å². The Labute approximate surface area is 142 Å². The van der Waals surface area contributed by atoms with Crippen LogP contribution in [0.25, 0.3) is 11.1 Å². The fourth-order valence-electron chi connectivity index (χ4n) is 3.64. The van der Waals surface area contributed by atoms with Gasteiger partial charge >= 0.3 is 0 Å². The Balaban J connectivity index is 1.49. The lowest BCUT2D eigenvalue weighted by molar-refractivity contribution is 0.0947. The fraction of sp³-hybridized carbons (Fsp3) is 0.400. The maximum Gasteiger partial charge on any atom is 0.252 e. The van der Waals surface area contributed by atoms with Crippen LogP contribution < -0.4 is 10.1 Å². The molecule has 1 aromatic heterocycles. The highest BCUT2D eigenvalue weighted by Crippen LogP contribution is 2.30. The van der Waals surface area contributed by atoms with E-state index < -0.39 is 0 Å². The quantitative estimate of drug-likeness (QED) is 0.935. The molecule has 1 aliphatic heterocycles. The van der Waals surface area contributed by atoms with Gasteiger partial charge in [0.2, 0.25) is 0 Å². The van der Waals surface area contributed by atoms with E-state index in [2.05, 4.69) is 16.4 Å². The topological polar surface area (TPSA) is 51.2 Å². The van der Waals surface area contributed by atoms with E-state index in [1.807, 2.05) is 24.4 Å². The van der Waals surface area contributed by atoms with Crippen molar-refractivity contribution in [2.45, 2.75) is 32.1 Å². The number of hydrogen-bond donors (Lipinski definition) is 1. The zero-order chi connectivity index (χ0) is 16.4. The standard InChI is InChI=1S/C20H22N2O2/c23-20(22-11-14-3-1-2-4-14)18-10-17(12-21-13-18)15-5-6-19-16(9-15)7-8-24-19/h5-6,9-10,12-14H,1-4,7-8,11H2,(H,22,23). The Bertz CT molecular complexity index is 751. The molecule has 2 heterocycles. The van der Waals surface area contributed by atoms with Crippen LogP contribution in [0.15, 0.2) is 36.7 Å². The van der Waals surface area contributed by atoms with E-state index in [0.717, 1.165) is 36.4 Å². The highest BCUT2D eigenvalue weighted by molar-refractivity contribution is 5.95. The van der Waals surface area contributed by atoms with Gasteiger partial charge in [0.25, 0.3) is 5.91 Å². The Kier molecular flexibility index (Phi) is 4.20. The average molecular weight is 322 g/mol. The molecule has 124 valence electrons. The normalized spacial score (nSPS) is 16.7. The first-order valence-corrected chi connectivity index (χ1v) is 8.79. The number of hydrogen-bond acceptors (Lipinski definition) is 3. The lowest BCUT2D eigenvalue weighted by Gasteiger charge is -2.11. The second kappa shape index (κ2) is 6.63. The van der Waals surface area contributed by atoms with Crippen LogP contribution in [0.1, 0.15) is 41.6 Å². The molecule has 1 amide bonds. The number of carbonyl (C=O) groups is 1. The number of amides is 1. The monoisotopic (exact) mass is 322 g/mol. The second-order valence-corrected chi connectivity index (χ2v) is 6.74. The molecule has 1 aromatic carbocycles. The van der Waals surface area contributed by atoms with Gasteiger partial charge in [-0.25, -0.2) is 0 Å². The van der Waals surface area contributed by atoms with Crippen molar-refractivity contribution in [1.82, 2.24) is 10.3 Å². The van der Waals surface area contributed by atoms with E-state index in [0.29, 0.717) is 11.5 Å². The highest BCUT2D eigenvalue weighted by atomic mass is 16.5. The largest absolute Gasteiger partial charge is 0.493 e. The van der Waals surface area contributed by atoms with Crippen LogP contribution in [0.4, 0.5) is 0 Å². The first-order valence-electron chi connectivity index (χ1n) is 8.79.